The lowest BCUT2D eigenvalue weighted by Crippen LogP contribution is -2.35. The van der Waals surface area contributed by atoms with Crippen LogP contribution >= 0.6 is 0 Å². The van der Waals surface area contributed by atoms with E-state index in [2.05, 4.69) is 14.7 Å². The number of amides is 1. The quantitative estimate of drug-likeness (QED) is 0.895. The first-order chi connectivity index (χ1) is 11.2. The number of benzene rings is 1. The van der Waals surface area contributed by atoms with E-state index >= 15 is 0 Å². The van der Waals surface area contributed by atoms with E-state index in [0.717, 1.165) is 4.90 Å². The molecule has 0 aliphatic carbocycles. The molecule has 0 fully saturated rings. The molecule has 7 nitrogen and oxygen atoms in total. The van der Waals surface area contributed by atoms with Gasteiger partial charge in [-0.1, -0.05) is 17.3 Å². The van der Waals surface area contributed by atoms with Crippen molar-refractivity contribution in [3.05, 3.63) is 35.7 Å². The molecule has 0 radical (unpaired) electrons. The smallest absolute Gasteiger partial charge is 0.471 e. The molecule has 0 saturated carbocycles. The maximum absolute atomic E-state index is 12.4. The minimum Gasteiger partial charge on any atom is -0.480 e. The maximum Gasteiger partial charge on any atom is 0.471 e. The first-order valence-corrected chi connectivity index (χ1v) is 6.74. The average Bonchev–Trinajstić information content (AvgIpc) is 3.02. The average molecular weight is 343 g/mol. The summed E-state index contributed by atoms with van der Waals surface area (Å²) < 4.78 is 41.4. The van der Waals surface area contributed by atoms with Gasteiger partial charge >= 0.3 is 18.0 Å². The Labute approximate surface area is 133 Å². The largest absolute Gasteiger partial charge is 0.480 e. The monoisotopic (exact) mass is 343 g/mol. The number of carboxylic acids is 1. The molecule has 10 heteroatoms. The molecule has 0 atom stereocenters. The zero-order valence-electron chi connectivity index (χ0n) is 12.4. The van der Waals surface area contributed by atoms with Crippen LogP contribution in [0.5, 0.6) is 0 Å². The highest BCUT2D eigenvalue weighted by Crippen LogP contribution is 2.29. The number of halogens is 3. The third-order valence-corrected chi connectivity index (χ3v) is 3.05. The molecule has 0 spiro atoms. The van der Waals surface area contributed by atoms with Gasteiger partial charge in [-0.15, -0.1) is 0 Å². The van der Waals surface area contributed by atoms with E-state index in [0.29, 0.717) is 0 Å². The highest BCUT2D eigenvalue weighted by Gasteiger charge is 2.38. The summed E-state index contributed by atoms with van der Waals surface area (Å²) in [5, 5.41) is 12.0. The van der Waals surface area contributed by atoms with E-state index in [-0.39, 0.29) is 23.5 Å². The van der Waals surface area contributed by atoms with Gasteiger partial charge in [-0.2, -0.15) is 18.2 Å². The number of rotatable bonds is 5. The third kappa shape index (κ3) is 3.89. The lowest BCUT2D eigenvalue weighted by Gasteiger charge is -2.18. The Bertz CT molecular complexity index is 740. The van der Waals surface area contributed by atoms with Gasteiger partial charge in [0.05, 0.1) is 0 Å². The molecule has 0 bridgehead atoms. The Morgan fingerprint density at radius 2 is 1.88 bits per heavy atom. The van der Waals surface area contributed by atoms with Crippen molar-refractivity contribution in [3.63, 3.8) is 0 Å². The summed E-state index contributed by atoms with van der Waals surface area (Å²) in [6.07, 6.45) is -4.74. The molecule has 0 unspecified atom stereocenters. The van der Waals surface area contributed by atoms with Gasteiger partial charge in [0.15, 0.2) is 0 Å². The number of likely N-dealkylation sites (N-methyl/N-ethyl adjacent to an activating group) is 1. The van der Waals surface area contributed by atoms with Gasteiger partial charge < -0.3 is 14.5 Å². The molecule has 128 valence electrons. The predicted molar refractivity (Wildman–Crippen MR) is 73.9 cm³/mol. The van der Waals surface area contributed by atoms with Gasteiger partial charge in [-0.05, 0) is 19.1 Å². The van der Waals surface area contributed by atoms with E-state index in [9.17, 15) is 22.8 Å². The fraction of sp³-hybridized carbons (Fsp3) is 0.286. The number of carboxylic acid groups (broad SMARTS) is 1. The van der Waals surface area contributed by atoms with Crippen molar-refractivity contribution >= 4 is 11.9 Å². The van der Waals surface area contributed by atoms with Crippen LogP contribution in [0.15, 0.2) is 28.8 Å². The molecule has 1 N–H and O–H groups in total. The van der Waals surface area contributed by atoms with Crippen molar-refractivity contribution < 1.29 is 32.4 Å². The van der Waals surface area contributed by atoms with E-state index in [1.165, 1.54) is 24.3 Å². The van der Waals surface area contributed by atoms with E-state index < -0.39 is 30.5 Å². The van der Waals surface area contributed by atoms with Crippen LogP contribution in [0.3, 0.4) is 0 Å². The Morgan fingerprint density at radius 3 is 2.33 bits per heavy atom. The fourth-order valence-corrected chi connectivity index (χ4v) is 1.89. The second kappa shape index (κ2) is 6.69. The lowest BCUT2D eigenvalue weighted by molar-refractivity contribution is -0.159. The molecule has 1 aromatic carbocycles. The van der Waals surface area contributed by atoms with Crippen LogP contribution in [-0.4, -0.2) is 45.1 Å². The molecular weight excluding hydrogens is 331 g/mol. The van der Waals surface area contributed by atoms with Crippen molar-refractivity contribution in [3.8, 4) is 11.4 Å². The van der Waals surface area contributed by atoms with Crippen LogP contribution in [0.1, 0.15) is 23.2 Å². The summed E-state index contributed by atoms with van der Waals surface area (Å²) >= 11 is 0. The van der Waals surface area contributed by atoms with Crippen molar-refractivity contribution in [2.24, 2.45) is 0 Å². The number of hydrogen-bond donors (Lipinski definition) is 1. The highest BCUT2D eigenvalue weighted by atomic mass is 19.4. The van der Waals surface area contributed by atoms with Crippen molar-refractivity contribution in [1.82, 2.24) is 15.0 Å². The van der Waals surface area contributed by atoms with Gasteiger partial charge in [0.2, 0.25) is 5.82 Å². The number of alkyl halides is 3. The van der Waals surface area contributed by atoms with Gasteiger partial charge in [0, 0.05) is 17.7 Å². The Kier molecular flexibility index (Phi) is 4.86. The van der Waals surface area contributed by atoms with E-state index in [4.69, 9.17) is 5.11 Å². The summed E-state index contributed by atoms with van der Waals surface area (Å²) in [4.78, 5) is 27.2. The zero-order chi connectivity index (χ0) is 17.9. The van der Waals surface area contributed by atoms with Crippen molar-refractivity contribution in [2.45, 2.75) is 13.1 Å². The number of aliphatic carboxylic acids is 1. The number of aromatic nitrogens is 2. The Morgan fingerprint density at radius 1 is 1.25 bits per heavy atom. The number of nitrogens with zero attached hydrogens (tertiary/aromatic N) is 3. The molecule has 2 rings (SSSR count). The first-order valence-electron chi connectivity index (χ1n) is 6.74. The van der Waals surface area contributed by atoms with Gasteiger partial charge in [0.25, 0.3) is 5.91 Å². The summed E-state index contributed by atoms with van der Waals surface area (Å²) in [7, 11) is 0. The Hall–Kier alpha value is -2.91. The van der Waals surface area contributed by atoms with Gasteiger partial charge in [0.1, 0.15) is 6.54 Å². The number of hydrogen-bond acceptors (Lipinski definition) is 5. The second-order valence-electron chi connectivity index (χ2n) is 4.71. The van der Waals surface area contributed by atoms with Crippen LogP contribution < -0.4 is 0 Å². The molecule has 0 aliphatic rings. The zero-order valence-corrected chi connectivity index (χ0v) is 12.4. The Balaban J connectivity index is 2.20. The SMILES string of the molecule is CCN(CC(=O)O)C(=O)c1ccc(-c2noc(C(F)(F)F)n2)cc1. The molecule has 0 aliphatic heterocycles. The molecule has 1 aromatic heterocycles. The summed E-state index contributed by atoms with van der Waals surface area (Å²) in [5.41, 5.74) is 0.425. The lowest BCUT2D eigenvalue weighted by atomic mass is 10.1. The van der Waals surface area contributed by atoms with Crippen LogP contribution in [0, 0.1) is 0 Å². The topological polar surface area (TPSA) is 96.5 Å². The maximum atomic E-state index is 12.4. The fourth-order valence-electron chi connectivity index (χ4n) is 1.89. The molecule has 1 heterocycles. The minimum atomic E-state index is -4.74. The highest BCUT2D eigenvalue weighted by molar-refractivity contribution is 5.96. The van der Waals surface area contributed by atoms with Crippen molar-refractivity contribution in [1.29, 1.82) is 0 Å². The standard InChI is InChI=1S/C14H12F3N3O4/c1-2-20(7-10(21)22)12(23)9-5-3-8(4-6-9)11-18-13(24-19-11)14(15,16)17/h3-6H,2,7H2,1H3,(H,21,22). The van der Waals surface area contributed by atoms with E-state index in [1.54, 1.807) is 6.92 Å². The molecule has 24 heavy (non-hydrogen) atoms. The van der Waals surface area contributed by atoms with Crippen molar-refractivity contribution in [2.75, 3.05) is 13.1 Å². The minimum absolute atomic E-state index is 0.196. The van der Waals surface area contributed by atoms with E-state index in [1.807, 2.05) is 0 Å². The number of carbonyl (C=O) groups excluding carboxylic acids is 1. The second-order valence-corrected chi connectivity index (χ2v) is 4.71. The van der Waals surface area contributed by atoms with Crippen LogP contribution in [0.4, 0.5) is 13.2 Å². The summed E-state index contributed by atoms with van der Waals surface area (Å²) in [6, 6.07) is 5.41. The van der Waals surface area contributed by atoms with Crippen LogP contribution in [0.25, 0.3) is 11.4 Å². The molecular formula is C14H12F3N3O4. The molecule has 0 saturated heterocycles. The van der Waals surface area contributed by atoms with Crippen LogP contribution in [-0.2, 0) is 11.0 Å². The number of carbonyl (C=O) groups is 2. The molecule has 1 amide bonds. The molecule has 2 aromatic rings. The third-order valence-electron chi connectivity index (χ3n) is 3.05. The van der Waals surface area contributed by atoms with Gasteiger partial charge in [-0.3, -0.25) is 9.59 Å². The summed E-state index contributed by atoms with van der Waals surface area (Å²) in [6.45, 7) is 1.39. The normalized spacial score (nSPS) is 11.3. The predicted octanol–water partition coefficient (Wildman–Crippen LogP) is 2.30. The first kappa shape index (κ1) is 17.4. The van der Waals surface area contributed by atoms with Crippen LogP contribution in [0.2, 0.25) is 0 Å². The van der Waals surface area contributed by atoms with Gasteiger partial charge in [-0.25, -0.2) is 0 Å². The summed E-state index contributed by atoms with van der Waals surface area (Å²) in [5.74, 6) is -3.38.